The van der Waals surface area contributed by atoms with Crippen LogP contribution in [0.15, 0.2) is 0 Å². The van der Waals surface area contributed by atoms with Crippen molar-refractivity contribution in [3.8, 4) is 0 Å². The Labute approximate surface area is 198 Å². The largest absolute Gasteiger partial charge is 0.351 e. The lowest BCUT2D eigenvalue weighted by Crippen LogP contribution is -2.56. The molecule has 0 aliphatic carbocycles. The highest BCUT2D eigenvalue weighted by Gasteiger charge is 2.30. The Morgan fingerprint density at radius 3 is 2.12 bits per heavy atom. The van der Waals surface area contributed by atoms with Crippen molar-refractivity contribution in [2.24, 2.45) is 11.7 Å². The van der Waals surface area contributed by atoms with Gasteiger partial charge in [0.2, 0.25) is 23.6 Å². The van der Waals surface area contributed by atoms with Gasteiger partial charge in [0, 0.05) is 12.5 Å². The van der Waals surface area contributed by atoms with Crippen LogP contribution in [0.2, 0.25) is 0 Å². The van der Waals surface area contributed by atoms with Gasteiger partial charge in [-0.2, -0.15) is 0 Å². The van der Waals surface area contributed by atoms with Crippen molar-refractivity contribution in [2.75, 3.05) is 13.1 Å². The van der Waals surface area contributed by atoms with Crippen molar-refractivity contribution in [2.45, 2.75) is 110 Å². The van der Waals surface area contributed by atoms with Crippen LogP contribution in [0.25, 0.3) is 0 Å². The second-order valence-electron chi connectivity index (χ2n) is 9.38. The SMILES string of the molecule is CCCCCCCCC[C@@H]1CC(=O)NCC(=O)N[C@@H](CCCN)C(=O)N[C@@H](C(C)C)C(=O)N1. The van der Waals surface area contributed by atoms with E-state index in [0.717, 1.165) is 19.3 Å². The zero-order valence-corrected chi connectivity index (χ0v) is 20.7. The van der Waals surface area contributed by atoms with E-state index in [1.54, 1.807) is 0 Å². The molecule has 1 rings (SSSR count). The third kappa shape index (κ3) is 12.0. The number of nitrogens with one attached hydrogen (secondary N) is 4. The number of hydrogen-bond donors (Lipinski definition) is 5. The minimum Gasteiger partial charge on any atom is -0.351 e. The van der Waals surface area contributed by atoms with E-state index in [1.807, 2.05) is 13.8 Å². The Morgan fingerprint density at radius 2 is 1.48 bits per heavy atom. The molecule has 0 saturated carbocycles. The van der Waals surface area contributed by atoms with E-state index in [9.17, 15) is 19.2 Å². The van der Waals surface area contributed by atoms with Gasteiger partial charge in [0.25, 0.3) is 0 Å². The first-order chi connectivity index (χ1) is 15.8. The monoisotopic (exact) mass is 467 g/mol. The van der Waals surface area contributed by atoms with Crippen molar-refractivity contribution < 1.29 is 19.2 Å². The first-order valence-corrected chi connectivity index (χ1v) is 12.6. The summed E-state index contributed by atoms with van der Waals surface area (Å²) in [7, 11) is 0. The van der Waals surface area contributed by atoms with Crippen molar-refractivity contribution in [1.29, 1.82) is 0 Å². The number of carbonyl (C=O) groups excluding carboxylic acids is 4. The van der Waals surface area contributed by atoms with Crippen LogP contribution < -0.4 is 27.0 Å². The van der Waals surface area contributed by atoms with Gasteiger partial charge in [-0.3, -0.25) is 19.2 Å². The smallest absolute Gasteiger partial charge is 0.243 e. The molecule has 3 atom stereocenters. The molecule has 0 radical (unpaired) electrons. The van der Waals surface area contributed by atoms with Gasteiger partial charge in [-0.1, -0.05) is 65.7 Å². The summed E-state index contributed by atoms with van der Waals surface area (Å²) in [6, 6.07) is -1.91. The Morgan fingerprint density at radius 1 is 0.818 bits per heavy atom. The molecule has 33 heavy (non-hydrogen) atoms. The van der Waals surface area contributed by atoms with Gasteiger partial charge in [0.15, 0.2) is 0 Å². The normalized spacial score (nSPS) is 23.0. The standard InChI is InChI=1S/C24H45N5O4/c1-4-5-6-7-8-9-10-12-18-15-20(30)26-16-21(31)28-19(13-11-14-25)23(32)29-22(17(2)3)24(33)27-18/h17-19,22H,4-16,25H2,1-3H3,(H,26,30)(H,27,33)(H,28,31)(H,29,32)/t18-,19+,22+/m1/s1. The van der Waals surface area contributed by atoms with Crippen molar-refractivity contribution in [3.63, 3.8) is 0 Å². The molecule has 1 heterocycles. The summed E-state index contributed by atoms with van der Waals surface area (Å²) >= 11 is 0. The summed E-state index contributed by atoms with van der Waals surface area (Å²) in [6.07, 6.45) is 9.68. The van der Waals surface area contributed by atoms with Gasteiger partial charge in [0.1, 0.15) is 12.1 Å². The maximum Gasteiger partial charge on any atom is 0.243 e. The predicted octanol–water partition coefficient (Wildman–Crippen LogP) is 1.50. The maximum absolute atomic E-state index is 13.0. The molecule has 9 nitrogen and oxygen atoms in total. The van der Waals surface area contributed by atoms with Crippen LogP contribution in [0.4, 0.5) is 0 Å². The van der Waals surface area contributed by atoms with Gasteiger partial charge in [-0.25, -0.2) is 0 Å². The highest BCUT2D eigenvalue weighted by molar-refractivity contribution is 5.94. The second-order valence-corrected chi connectivity index (χ2v) is 9.38. The summed E-state index contributed by atoms with van der Waals surface area (Å²) in [5.41, 5.74) is 5.56. The maximum atomic E-state index is 13.0. The fraction of sp³-hybridized carbons (Fsp3) is 0.833. The molecular formula is C24H45N5O4. The van der Waals surface area contributed by atoms with Gasteiger partial charge in [-0.05, 0) is 31.7 Å². The molecule has 0 aromatic rings. The van der Waals surface area contributed by atoms with Crippen LogP contribution >= 0.6 is 0 Å². The lowest BCUT2D eigenvalue weighted by atomic mass is 9.99. The van der Waals surface area contributed by atoms with E-state index in [4.69, 9.17) is 5.73 Å². The molecule has 4 amide bonds. The van der Waals surface area contributed by atoms with Crippen LogP contribution in [0.3, 0.4) is 0 Å². The summed E-state index contributed by atoms with van der Waals surface area (Å²) in [5.74, 6) is -1.61. The van der Waals surface area contributed by atoms with Crippen LogP contribution in [-0.4, -0.2) is 54.8 Å². The molecule has 1 aliphatic heterocycles. The topological polar surface area (TPSA) is 142 Å². The van der Waals surface area contributed by atoms with Gasteiger partial charge in [0.05, 0.1) is 6.54 Å². The zero-order valence-electron chi connectivity index (χ0n) is 20.7. The van der Waals surface area contributed by atoms with E-state index >= 15 is 0 Å². The average molecular weight is 468 g/mol. The first kappa shape index (κ1) is 28.9. The minimum absolute atomic E-state index is 0.101. The molecule has 0 aromatic heterocycles. The van der Waals surface area contributed by atoms with Gasteiger partial charge >= 0.3 is 0 Å². The number of nitrogens with two attached hydrogens (primary N) is 1. The quantitative estimate of drug-likeness (QED) is 0.276. The van der Waals surface area contributed by atoms with Crippen LogP contribution in [0.1, 0.15) is 91.4 Å². The zero-order chi connectivity index (χ0) is 24.6. The number of carbonyl (C=O) groups is 4. The number of amides is 4. The van der Waals surface area contributed by atoms with Crippen molar-refractivity contribution in [3.05, 3.63) is 0 Å². The van der Waals surface area contributed by atoms with E-state index in [1.165, 1.54) is 25.7 Å². The molecule has 1 fully saturated rings. The summed E-state index contributed by atoms with van der Waals surface area (Å²) in [5, 5.41) is 11.0. The third-order valence-electron chi connectivity index (χ3n) is 5.98. The molecule has 0 bridgehead atoms. The number of hydrogen-bond acceptors (Lipinski definition) is 5. The minimum atomic E-state index is -0.809. The lowest BCUT2D eigenvalue weighted by Gasteiger charge is -2.27. The molecule has 1 aliphatic rings. The molecule has 0 aromatic carbocycles. The number of unbranched alkanes of at least 4 members (excludes halogenated alkanes) is 6. The van der Waals surface area contributed by atoms with E-state index in [2.05, 4.69) is 28.2 Å². The molecular weight excluding hydrogens is 422 g/mol. The second kappa shape index (κ2) is 16.5. The van der Waals surface area contributed by atoms with Gasteiger partial charge in [-0.15, -0.1) is 0 Å². The highest BCUT2D eigenvalue weighted by atomic mass is 16.2. The Hall–Kier alpha value is -2.16. The highest BCUT2D eigenvalue weighted by Crippen LogP contribution is 2.13. The summed E-state index contributed by atoms with van der Waals surface area (Å²) in [6.45, 7) is 6.07. The molecule has 6 N–H and O–H groups in total. The summed E-state index contributed by atoms with van der Waals surface area (Å²) in [4.78, 5) is 50.7. The fourth-order valence-corrected chi connectivity index (χ4v) is 3.96. The van der Waals surface area contributed by atoms with E-state index in [-0.39, 0.29) is 36.7 Å². The van der Waals surface area contributed by atoms with Crippen LogP contribution in [-0.2, 0) is 19.2 Å². The Bertz CT molecular complexity index is 626. The fourth-order valence-electron chi connectivity index (χ4n) is 3.96. The Kier molecular flexibility index (Phi) is 14.4. The first-order valence-electron chi connectivity index (χ1n) is 12.6. The molecule has 1 saturated heterocycles. The predicted molar refractivity (Wildman–Crippen MR) is 129 cm³/mol. The molecule has 190 valence electrons. The summed E-state index contributed by atoms with van der Waals surface area (Å²) < 4.78 is 0. The Balaban J connectivity index is 2.86. The molecule has 9 heteroatoms. The molecule has 0 spiro atoms. The van der Waals surface area contributed by atoms with Crippen molar-refractivity contribution >= 4 is 23.6 Å². The average Bonchev–Trinajstić information content (AvgIpc) is 2.77. The van der Waals surface area contributed by atoms with Gasteiger partial charge < -0.3 is 27.0 Å². The molecule has 0 unspecified atom stereocenters. The van der Waals surface area contributed by atoms with Crippen molar-refractivity contribution in [1.82, 2.24) is 21.3 Å². The van der Waals surface area contributed by atoms with Crippen LogP contribution in [0, 0.1) is 5.92 Å². The van der Waals surface area contributed by atoms with E-state index < -0.39 is 23.9 Å². The number of rotatable bonds is 12. The lowest BCUT2D eigenvalue weighted by molar-refractivity contribution is -0.133. The van der Waals surface area contributed by atoms with E-state index in [0.29, 0.717) is 25.8 Å². The van der Waals surface area contributed by atoms with Crippen LogP contribution in [0.5, 0.6) is 0 Å². The third-order valence-corrected chi connectivity index (χ3v) is 5.98.